The number of hydrogen-bond donors (Lipinski definition) is 4. The van der Waals surface area contributed by atoms with Crippen LogP contribution in [0.25, 0.3) is 0 Å². The number of rotatable bonds is 4. The van der Waals surface area contributed by atoms with Gasteiger partial charge in [-0.1, -0.05) is 6.07 Å². The van der Waals surface area contributed by atoms with Gasteiger partial charge in [0.15, 0.2) is 0 Å². The maximum Gasteiger partial charge on any atom is 0.488 e. The average molecular weight is 295 g/mol. The highest BCUT2D eigenvalue weighted by Gasteiger charge is 2.18. The Labute approximate surface area is 122 Å². The Morgan fingerprint density at radius 3 is 2.33 bits per heavy atom. The van der Waals surface area contributed by atoms with Crippen LogP contribution in [0, 0.1) is 0 Å². The number of carbonyl (C=O) groups is 2. The lowest BCUT2D eigenvalue weighted by Crippen LogP contribution is -2.32. The van der Waals surface area contributed by atoms with Crippen molar-refractivity contribution < 1.29 is 29.5 Å². The number of aliphatic carboxylic acids is 1. The minimum absolute atomic E-state index is 0.0832. The van der Waals surface area contributed by atoms with E-state index in [1.165, 1.54) is 18.2 Å². The first kappa shape index (κ1) is 17.0. The average Bonchev–Trinajstić information content (AvgIpc) is 2.24. The lowest BCUT2D eigenvalue weighted by Gasteiger charge is -2.20. The highest BCUT2D eigenvalue weighted by atomic mass is 16.6. The Kier molecular flexibility index (Phi) is 5.34. The predicted molar refractivity (Wildman–Crippen MR) is 77.5 cm³/mol. The third-order valence-electron chi connectivity index (χ3n) is 2.31. The second-order valence-electron chi connectivity index (χ2n) is 5.53. The van der Waals surface area contributed by atoms with Crippen molar-refractivity contribution in [2.24, 2.45) is 0 Å². The zero-order valence-electron chi connectivity index (χ0n) is 12.1. The van der Waals surface area contributed by atoms with Crippen LogP contribution in [0.3, 0.4) is 0 Å². The number of nitrogens with one attached hydrogen (secondary N) is 1. The summed E-state index contributed by atoms with van der Waals surface area (Å²) in [6, 6.07) is 4.11. The van der Waals surface area contributed by atoms with Crippen molar-refractivity contribution in [1.29, 1.82) is 0 Å². The predicted octanol–water partition coefficient (Wildman–Crippen LogP) is 0.340. The van der Waals surface area contributed by atoms with E-state index in [-0.39, 0.29) is 17.6 Å². The first-order chi connectivity index (χ1) is 9.56. The van der Waals surface area contributed by atoms with Gasteiger partial charge in [-0.3, -0.25) is 10.1 Å². The lowest BCUT2D eigenvalue weighted by atomic mass is 9.79. The maximum atomic E-state index is 11.7. The number of ether oxygens (including phenoxy) is 1. The molecule has 1 amide bonds. The molecular formula is C13H18BNO6. The summed E-state index contributed by atoms with van der Waals surface area (Å²) >= 11 is 0. The molecule has 0 aromatic heterocycles. The minimum atomic E-state index is -1.77. The summed E-state index contributed by atoms with van der Waals surface area (Å²) in [5, 5.41) is 29.6. The number of benzene rings is 1. The standard InChI is InChI=1S/C13H18BNO6/c1-13(2,3)21-12(18)15-10-5-8(6-11(16)17)4-9(7-10)14(19)20/h4-5,7,19-20H,6H2,1-3H3,(H,15,18)(H,16,17). The molecule has 0 aliphatic heterocycles. The molecule has 1 rings (SSSR count). The van der Waals surface area contributed by atoms with E-state index in [0.717, 1.165) is 0 Å². The van der Waals surface area contributed by atoms with Crippen LogP contribution in [0.15, 0.2) is 18.2 Å². The second kappa shape index (κ2) is 6.60. The highest BCUT2D eigenvalue weighted by Crippen LogP contribution is 2.13. The van der Waals surface area contributed by atoms with Gasteiger partial charge in [0.1, 0.15) is 5.60 Å². The Morgan fingerprint density at radius 1 is 1.24 bits per heavy atom. The molecule has 114 valence electrons. The first-order valence-electron chi connectivity index (χ1n) is 6.28. The molecule has 0 spiro atoms. The SMILES string of the molecule is CC(C)(C)OC(=O)Nc1cc(CC(=O)O)cc(B(O)O)c1. The van der Waals surface area contributed by atoms with Gasteiger partial charge in [0.25, 0.3) is 0 Å². The van der Waals surface area contributed by atoms with E-state index < -0.39 is 24.8 Å². The number of carbonyl (C=O) groups excluding carboxylic acids is 1. The van der Waals surface area contributed by atoms with Gasteiger partial charge in [0.05, 0.1) is 6.42 Å². The van der Waals surface area contributed by atoms with Gasteiger partial charge < -0.3 is 19.9 Å². The number of carboxylic acid groups (broad SMARTS) is 1. The molecule has 8 heteroatoms. The van der Waals surface area contributed by atoms with Gasteiger partial charge in [-0.15, -0.1) is 0 Å². The normalized spacial score (nSPS) is 10.9. The largest absolute Gasteiger partial charge is 0.488 e. The smallest absolute Gasteiger partial charge is 0.481 e. The molecule has 0 fully saturated rings. The quantitative estimate of drug-likeness (QED) is 0.595. The van der Waals surface area contributed by atoms with Crippen molar-refractivity contribution in [3.8, 4) is 0 Å². The van der Waals surface area contributed by atoms with Crippen molar-refractivity contribution in [2.75, 3.05) is 5.32 Å². The summed E-state index contributed by atoms with van der Waals surface area (Å²) in [6.07, 6.45) is -1.02. The van der Waals surface area contributed by atoms with Gasteiger partial charge in [0, 0.05) is 5.69 Å². The van der Waals surface area contributed by atoms with Crippen LogP contribution < -0.4 is 10.8 Å². The molecule has 0 bridgehead atoms. The molecular weight excluding hydrogens is 277 g/mol. The summed E-state index contributed by atoms with van der Waals surface area (Å²) in [6.45, 7) is 5.11. The molecule has 0 radical (unpaired) electrons. The van der Waals surface area contributed by atoms with Crippen LogP contribution in [0.1, 0.15) is 26.3 Å². The summed E-state index contributed by atoms with van der Waals surface area (Å²) in [5.41, 5.74) is -0.0349. The Hall–Kier alpha value is -2.06. The molecule has 0 aliphatic carbocycles. The van der Waals surface area contributed by atoms with Crippen molar-refractivity contribution in [3.63, 3.8) is 0 Å². The molecule has 7 nitrogen and oxygen atoms in total. The van der Waals surface area contributed by atoms with Gasteiger partial charge in [-0.2, -0.15) is 0 Å². The van der Waals surface area contributed by atoms with Crippen LogP contribution in [0.4, 0.5) is 10.5 Å². The Bertz CT molecular complexity index is 538. The number of amides is 1. The second-order valence-corrected chi connectivity index (χ2v) is 5.53. The van der Waals surface area contributed by atoms with Gasteiger partial charge in [0.2, 0.25) is 0 Å². The van der Waals surface area contributed by atoms with Gasteiger partial charge in [-0.05, 0) is 43.9 Å². The van der Waals surface area contributed by atoms with E-state index in [9.17, 15) is 19.6 Å². The molecule has 0 aliphatic rings. The monoisotopic (exact) mass is 295 g/mol. The molecule has 4 N–H and O–H groups in total. The number of carboxylic acids is 1. The van der Waals surface area contributed by atoms with Crippen LogP contribution in [0.5, 0.6) is 0 Å². The van der Waals surface area contributed by atoms with E-state index >= 15 is 0 Å². The lowest BCUT2D eigenvalue weighted by molar-refractivity contribution is -0.136. The minimum Gasteiger partial charge on any atom is -0.481 e. The molecule has 0 unspecified atom stereocenters. The van der Waals surface area contributed by atoms with E-state index in [0.29, 0.717) is 5.56 Å². The van der Waals surface area contributed by atoms with Crippen molar-refractivity contribution >= 4 is 30.3 Å². The number of anilines is 1. The topological polar surface area (TPSA) is 116 Å². The molecule has 0 atom stereocenters. The molecule has 1 aromatic carbocycles. The van der Waals surface area contributed by atoms with Crippen LogP contribution in [-0.2, 0) is 16.0 Å². The van der Waals surface area contributed by atoms with E-state index in [1.807, 2.05) is 0 Å². The van der Waals surface area contributed by atoms with Crippen LogP contribution >= 0.6 is 0 Å². The van der Waals surface area contributed by atoms with Crippen molar-refractivity contribution in [1.82, 2.24) is 0 Å². The number of hydrogen-bond acceptors (Lipinski definition) is 5. The molecule has 0 heterocycles. The Balaban J connectivity index is 2.97. The molecule has 1 aromatic rings. The van der Waals surface area contributed by atoms with Crippen LogP contribution in [0.2, 0.25) is 0 Å². The van der Waals surface area contributed by atoms with E-state index in [2.05, 4.69) is 5.32 Å². The fourth-order valence-electron chi connectivity index (χ4n) is 1.64. The zero-order chi connectivity index (χ0) is 16.2. The van der Waals surface area contributed by atoms with Gasteiger partial charge >= 0.3 is 19.2 Å². The van der Waals surface area contributed by atoms with Crippen molar-refractivity contribution in [2.45, 2.75) is 32.8 Å². The molecule has 0 saturated heterocycles. The van der Waals surface area contributed by atoms with Crippen LogP contribution in [-0.4, -0.2) is 39.9 Å². The van der Waals surface area contributed by atoms with E-state index in [1.54, 1.807) is 20.8 Å². The summed E-state index contributed by atoms with van der Waals surface area (Å²) in [4.78, 5) is 22.4. The Morgan fingerprint density at radius 2 is 1.86 bits per heavy atom. The highest BCUT2D eigenvalue weighted by molar-refractivity contribution is 6.58. The summed E-state index contributed by atoms with van der Waals surface area (Å²) in [5.74, 6) is -1.07. The fourth-order valence-corrected chi connectivity index (χ4v) is 1.64. The third-order valence-corrected chi connectivity index (χ3v) is 2.31. The third kappa shape index (κ3) is 6.28. The molecule has 21 heavy (non-hydrogen) atoms. The fraction of sp³-hybridized carbons (Fsp3) is 0.385. The summed E-state index contributed by atoms with van der Waals surface area (Å²) < 4.78 is 5.07. The first-order valence-corrected chi connectivity index (χ1v) is 6.28. The maximum absolute atomic E-state index is 11.7. The molecule has 0 saturated carbocycles. The van der Waals surface area contributed by atoms with Gasteiger partial charge in [-0.25, -0.2) is 4.79 Å². The zero-order valence-corrected chi connectivity index (χ0v) is 12.1. The summed E-state index contributed by atoms with van der Waals surface area (Å²) in [7, 11) is -1.77. The van der Waals surface area contributed by atoms with E-state index in [4.69, 9.17) is 9.84 Å². The van der Waals surface area contributed by atoms with Crippen molar-refractivity contribution in [3.05, 3.63) is 23.8 Å².